The lowest BCUT2D eigenvalue weighted by Crippen LogP contribution is -1.99. The standard InChI is InChI=1S/C13H12FNO5/c14-5-6-19-9-3-1-8(15-7-9)2-4-10-11(16)12(17)13(18)20-10/h1,3-4,7,16-17H,2,5-6H2/b10-4+. The fraction of sp³-hybridized carbons (Fsp3) is 0.231. The van der Waals surface area contributed by atoms with E-state index in [1.807, 2.05) is 0 Å². The van der Waals surface area contributed by atoms with Crippen molar-refractivity contribution in [2.75, 3.05) is 13.3 Å². The number of nitrogens with zero attached hydrogens (tertiary/aromatic N) is 1. The predicted octanol–water partition coefficient (Wildman–Crippen LogP) is 1.74. The SMILES string of the molecule is O=C1O/C(=C/Cc2ccc(OCCF)cn2)C(O)=C1O. The molecule has 0 aromatic carbocycles. The van der Waals surface area contributed by atoms with Crippen LogP contribution in [0.1, 0.15) is 5.69 Å². The first-order valence-electron chi connectivity index (χ1n) is 5.80. The van der Waals surface area contributed by atoms with Crippen molar-refractivity contribution < 1.29 is 28.9 Å². The van der Waals surface area contributed by atoms with Gasteiger partial charge in [0.25, 0.3) is 0 Å². The predicted molar refractivity (Wildman–Crippen MR) is 65.9 cm³/mol. The van der Waals surface area contributed by atoms with Crippen LogP contribution in [0.3, 0.4) is 0 Å². The smallest absolute Gasteiger partial charge is 0.383 e. The van der Waals surface area contributed by atoms with Crippen LogP contribution in [-0.4, -0.2) is 34.4 Å². The monoisotopic (exact) mass is 281 g/mol. The summed E-state index contributed by atoms with van der Waals surface area (Å²) in [4.78, 5) is 15.0. The molecule has 0 saturated carbocycles. The summed E-state index contributed by atoms with van der Waals surface area (Å²) < 4.78 is 21.6. The highest BCUT2D eigenvalue weighted by Gasteiger charge is 2.29. The number of halogens is 1. The molecular formula is C13H12FNO5. The van der Waals surface area contributed by atoms with E-state index in [0.29, 0.717) is 11.4 Å². The second-order valence-corrected chi connectivity index (χ2v) is 3.88. The highest BCUT2D eigenvalue weighted by atomic mass is 19.1. The van der Waals surface area contributed by atoms with Crippen molar-refractivity contribution in [1.29, 1.82) is 0 Å². The molecule has 0 unspecified atom stereocenters. The van der Waals surface area contributed by atoms with E-state index >= 15 is 0 Å². The van der Waals surface area contributed by atoms with Crippen LogP contribution in [0.15, 0.2) is 41.7 Å². The quantitative estimate of drug-likeness (QED) is 0.799. The molecule has 1 aromatic rings. The van der Waals surface area contributed by atoms with Gasteiger partial charge in [0.2, 0.25) is 11.5 Å². The summed E-state index contributed by atoms with van der Waals surface area (Å²) in [7, 11) is 0. The van der Waals surface area contributed by atoms with Gasteiger partial charge in [-0.25, -0.2) is 9.18 Å². The first-order chi connectivity index (χ1) is 9.61. The van der Waals surface area contributed by atoms with Gasteiger partial charge < -0.3 is 19.7 Å². The molecule has 0 bridgehead atoms. The zero-order valence-corrected chi connectivity index (χ0v) is 10.4. The maximum Gasteiger partial charge on any atom is 0.383 e. The topological polar surface area (TPSA) is 88.9 Å². The number of cyclic esters (lactones) is 1. The summed E-state index contributed by atoms with van der Waals surface area (Å²) in [6.45, 7) is -0.604. The summed E-state index contributed by atoms with van der Waals surface area (Å²) >= 11 is 0. The Kier molecular flexibility index (Phi) is 4.19. The molecule has 0 saturated heterocycles. The van der Waals surface area contributed by atoms with Crippen molar-refractivity contribution in [3.8, 4) is 5.75 Å². The summed E-state index contributed by atoms with van der Waals surface area (Å²) in [5.41, 5.74) is 0.625. The highest BCUT2D eigenvalue weighted by molar-refractivity contribution is 5.91. The molecule has 0 amide bonds. The van der Waals surface area contributed by atoms with Gasteiger partial charge in [-0.1, -0.05) is 0 Å². The third kappa shape index (κ3) is 3.05. The average molecular weight is 281 g/mol. The van der Waals surface area contributed by atoms with Gasteiger partial charge in [0, 0.05) is 12.1 Å². The summed E-state index contributed by atoms with van der Waals surface area (Å²) in [5.74, 6) is -2.03. The summed E-state index contributed by atoms with van der Waals surface area (Å²) in [5, 5.41) is 18.5. The number of alkyl halides is 1. The number of allylic oxidation sites excluding steroid dienone is 1. The second kappa shape index (κ2) is 6.05. The van der Waals surface area contributed by atoms with E-state index in [-0.39, 0.29) is 18.8 Å². The van der Waals surface area contributed by atoms with Crippen LogP contribution in [0, 0.1) is 0 Å². The number of aliphatic hydroxyl groups is 2. The molecule has 0 spiro atoms. The normalized spacial score (nSPS) is 16.6. The zero-order valence-electron chi connectivity index (χ0n) is 10.4. The number of esters is 1. The Morgan fingerprint density at radius 3 is 2.70 bits per heavy atom. The van der Waals surface area contributed by atoms with E-state index in [9.17, 15) is 14.3 Å². The van der Waals surface area contributed by atoms with Crippen LogP contribution in [0.2, 0.25) is 0 Å². The van der Waals surface area contributed by atoms with Gasteiger partial charge in [0.15, 0.2) is 5.76 Å². The van der Waals surface area contributed by atoms with Crippen molar-refractivity contribution in [2.24, 2.45) is 0 Å². The molecule has 2 heterocycles. The summed E-state index contributed by atoms with van der Waals surface area (Å²) in [6.07, 6.45) is 3.14. The van der Waals surface area contributed by atoms with Crippen LogP contribution in [-0.2, 0) is 16.0 Å². The van der Waals surface area contributed by atoms with Crippen LogP contribution in [0.25, 0.3) is 0 Å². The molecule has 1 aliphatic heterocycles. The Balaban J connectivity index is 1.99. The van der Waals surface area contributed by atoms with Gasteiger partial charge in [-0.15, -0.1) is 0 Å². The first-order valence-corrected chi connectivity index (χ1v) is 5.80. The maximum atomic E-state index is 11.9. The molecule has 7 heteroatoms. The molecular weight excluding hydrogens is 269 g/mol. The number of aromatic nitrogens is 1. The fourth-order valence-electron chi connectivity index (χ4n) is 1.52. The van der Waals surface area contributed by atoms with Crippen molar-refractivity contribution >= 4 is 5.97 Å². The average Bonchev–Trinajstić information content (AvgIpc) is 2.71. The van der Waals surface area contributed by atoms with Crippen molar-refractivity contribution in [1.82, 2.24) is 4.98 Å². The Bertz CT molecular complexity index is 565. The Morgan fingerprint density at radius 1 is 1.35 bits per heavy atom. The number of hydrogen-bond acceptors (Lipinski definition) is 6. The molecule has 20 heavy (non-hydrogen) atoms. The Hall–Kier alpha value is -2.57. The third-order valence-corrected chi connectivity index (χ3v) is 2.49. The number of aliphatic hydroxyl groups excluding tert-OH is 2. The van der Waals surface area contributed by atoms with Crippen molar-refractivity contribution in [2.45, 2.75) is 6.42 Å². The maximum absolute atomic E-state index is 11.9. The number of rotatable bonds is 5. The molecule has 0 aliphatic carbocycles. The Labute approximate surface area is 113 Å². The van der Waals surface area contributed by atoms with E-state index in [4.69, 9.17) is 9.84 Å². The van der Waals surface area contributed by atoms with Crippen LogP contribution in [0.4, 0.5) is 4.39 Å². The zero-order chi connectivity index (χ0) is 14.5. The van der Waals surface area contributed by atoms with Crippen molar-refractivity contribution in [3.63, 3.8) is 0 Å². The Morgan fingerprint density at radius 2 is 2.15 bits per heavy atom. The van der Waals surface area contributed by atoms with Crippen molar-refractivity contribution in [3.05, 3.63) is 47.4 Å². The molecule has 1 aromatic heterocycles. The molecule has 2 rings (SSSR count). The number of hydrogen-bond donors (Lipinski definition) is 2. The minimum atomic E-state index is -0.989. The molecule has 0 radical (unpaired) electrons. The summed E-state index contributed by atoms with van der Waals surface area (Å²) in [6, 6.07) is 3.28. The molecule has 1 aliphatic rings. The van der Waals surface area contributed by atoms with Gasteiger partial charge in [0.1, 0.15) is 19.0 Å². The minimum absolute atomic E-state index is 0.0288. The van der Waals surface area contributed by atoms with E-state index in [1.54, 1.807) is 12.1 Å². The van der Waals surface area contributed by atoms with E-state index in [1.165, 1.54) is 12.3 Å². The number of pyridine rings is 1. The van der Waals surface area contributed by atoms with Gasteiger partial charge in [-0.3, -0.25) is 4.98 Å². The first kappa shape index (κ1) is 13.9. The molecule has 106 valence electrons. The number of ether oxygens (including phenoxy) is 2. The third-order valence-electron chi connectivity index (χ3n) is 2.49. The number of carbonyl (C=O) groups is 1. The van der Waals surface area contributed by atoms with Gasteiger partial charge in [-0.05, 0) is 18.2 Å². The van der Waals surface area contributed by atoms with Crippen LogP contribution >= 0.6 is 0 Å². The van der Waals surface area contributed by atoms with E-state index < -0.39 is 24.2 Å². The lowest BCUT2D eigenvalue weighted by molar-refractivity contribution is -0.135. The molecule has 0 atom stereocenters. The minimum Gasteiger partial charge on any atom is -0.502 e. The van der Waals surface area contributed by atoms with Gasteiger partial charge >= 0.3 is 5.97 Å². The lowest BCUT2D eigenvalue weighted by Gasteiger charge is -2.03. The van der Waals surface area contributed by atoms with E-state index in [2.05, 4.69) is 9.72 Å². The highest BCUT2D eigenvalue weighted by Crippen LogP contribution is 2.22. The molecule has 0 fully saturated rings. The molecule has 2 N–H and O–H groups in total. The van der Waals surface area contributed by atoms with Crippen LogP contribution < -0.4 is 4.74 Å². The van der Waals surface area contributed by atoms with Gasteiger partial charge in [-0.2, -0.15) is 0 Å². The second-order valence-electron chi connectivity index (χ2n) is 3.88. The van der Waals surface area contributed by atoms with Crippen LogP contribution in [0.5, 0.6) is 5.75 Å². The lowest BCUT2D eigenvalue weighted by atomic mass is 10.2. The number of carbonyl (C=O) groups excluding carboxylic acids is 1. The largest absolute Gasteiger partial charge is 0.502 e. The van der Waals surface area contributed by atoms with E-state index in [0.717, 1.165) is 0 Å². The fourth-order valence-corrected chi connectivity index (χ4v) is 1.52. The molecule has 6 nitrogen and oxygen atoms in total. The van der Waals surface area contributed by atoms with Gasteiger partial charge in [0.05, 0.1) is 6.20 Å².